The average Bonchev–Trinajstić information content (AvgIpc) is 2.85. The molecule has 0 aromatic carbocycles. The molecule has 0 saturated carbocycles. The van der Waals surface area contributed by atoms with E-state index < -0.39 is 0 Å². The van der Waals surface area contributed by atoms with Crippen molar-refractivity contribution >= 4 is 57.2 Å². The molecule has 0 saturated heterocycles. The summed E-state index contributed by atoms with van der Waals surface area (Å²) in [6.07, 6.45) is 3.73. The van der Waals surface area contributed by atoms with Crippen molar-refractivity contribution in [3.63, 3.8) is 0 Å². The lowest BCUT2D eigenvalue weighted by atomic mass is 9.96. The zero-order valence-electron chi connectivity index (χ0n) is 23.4. The largest absolute Gasteiger partial charge is 0.292 e. The molecule has 4 aromatic rings. The molecular weight excluding hydrogens is 554 g/mol. The van der Waals surface area contributed by atoms with Crippen molar-refractivity contribution in [1.82, 2.24) is 29.1 Å². The van der Waals surface area contributed by atoms with Crippen LogP contribution < -0.4 is 11.1 Å². The maximum atomic E-state index is 12.1. The number of hydrogen-bond donors (Lipinski definition) is 0. The van der Waals surface area contributed by atoms with Crippen LogP contribution in [0.1, 0.15) is 47.2 Å². The molecule has 0 fully saturated rings. The smallest absolute Gasteiger partial charge is 0.252 e. The third kappa shape index (κ3) is 7.59. The van der Waals surface area contributed by atoms with Crippen LogP contribution in [0.15, 0.2) is 44.2 Å². The number of halogens is 1. The standard InChI is InChI=1S/C14H16N4OS.C13H16ClN3OS/c1-14(2,3)8-18-11(19)6-5-9-10(7-15)16-13(20-4)17-12(9)18;1-13(2,3)7-17-9(18)6-5-8-10(14)15-12(19-4)16-11(8)17/h5-6H,8H2,1-4H3;5-6H,7H2,1-4H3. The van der Waals surface area contributed by atoms with E-state index in [1.54, 1.807) is 21.3 Å². The molecule has 4 rings (SSSR count). The Balaban J connectivity index is 0.000000216. The van der Waals surface area contributed by atoms with Gasteiger partial charge in [0.2, 0.25) is 0 Å². The Kier molecular flexibility index (Phi) is 9.47. The molecule has 0 aliphatic carbocycles. The molecule has 39 heavy (non-hydrogen) atoms. The maximum Gasteiger partial charge on any atom is 0.252 e. The van der Waals surface area contributed by atoms with E-state index in [-0.39, 0.29) is 21.9 Å². The van der Waals surface area contributed by atoms with Crippen LogP contribution in [0, 0.1) is 22.2 Å². The van der Waals surface area contributed by atoms with Gasteiger partial charge in [-0.05, 0) is 35.5 Å². The summed E-state index contributed by atoms with van der Waals surface area (Å²) in [7, 11) is 0. The molecule has 0 amide bonds. The predicted molar refractivity (Wildman–Crippen MR) is 160 cm³/mol. The van der Waals surface area contributed by atoms with Gasteiger partial charge in [-0.25, -0.2) is 19.9 Å². The first-order valence-electron chi connectivity index (χ1n) is 12.1. The van der Waals surface area contributed by atoms with Crippen molar-refractivity contribution < 1.29 is 0 Å². The van der Waals surface area contributed by atoms with Crippen LogP contribution in [0.4, 0.5) is 0 Å². The minimum atomic E-state index is -0.109. The van der Waals surface area contributed by atoms with Crippen LogP contribution in [0.5, 0.6) is 0 Å². The molecule has 0 N–H and O–H groups in total. The van der Waals surface area contributed by atoms with Gasteiger partial charge in [0.15, 0.2) is 16.0 Å². The van der Waals surface area contributed by atoms with Gasteiger partial charge in [0.1, 0.15) is 22.5 Å². The number of rotatable bonds is 4. The second-order valence-electron chi connectivity index (χ2n) is 11.3. The van der Waals surface area contributed by atoms with E-state index in [0.717, 1.165) is 0 Å². The van der Waals surface area contributed by atoms with Crippen LogP contribution in [0.25, 0.3) is 22.1 Å². The lowest BCUT2D eigenvalue weighted by molar-refractivity contribution is 0.343. The number of nitriles is 1. The summed E-state index contributed by atoms with van der Waals surface area (Å²) in [5.41, 5.74) is 1.19. The first-order chi connectivity index (χ1) is 18.2. The zero-order valence-corrected chi connectivity index (χ0v) is 25.8. The van der Waals surface area contributed by atoms with Gasteiger partial charge in [-0.2, -0.15) is 5.26 Å². The molecule has 9 nitrogen and oxygen atoms in total. The van der Waals surface area contributed by atoms with E-state index in [0.29, 0.717) is 56.3 Å². The molecule has 4 heterocycles. The number of aromatic nitrogens is 6. The van der Waals surface area contributed by atoms with E-state index in [4.69, 9.17) is 11.6 Å². The Bertz CT molecular complexity index is 1680. The molecule has 206 valence electrons. The minimum Gasteiger partial charge on any atom is -0.292 e. The Morgan fingerprint density at radius 2 is 1.21 bits per heavy atom. The van der Waals surface area contributed by atoms with Crippen molar-refractivity contribution in [2.75, 3.05) is 12.5 Å². The topological polar surface area (TPSA) is 119 Å². The van der Waals surface area contributed by atoms with Crippen LogP contribution in [-0.4, -0.2) is 41.6 Å². The maximum absolute atomic E-state index is 12.1. The number of pyridine rings is 2. The quantitative estimate of drug-likeness (QED) is 0.170. The van der Waals surface area contributed by atoms with Crippen molar-refractivity contribution in [2.24, 2.45) is 10.8 Å². The second-order valence-corrected chi connectivity index (χ2v) is 13.2. The molecule has 0 radical (unpaired) electrons. The van der Waals surface area contributed by atoms with E-state index in [1.807, 2.05) is 12.5 Å². The number of hydrogen-bond acceptors (Lipinski definition) is 9. The highest BCUT2D eigenvalue weighted by Crippen LogP contribution is 2.25. The van der Waals surface area contributed by atoms with Gasteiger partial charge in [-0.1, -0.05) is 76.7 Å². The minimum absolute atomic E-state index is 0.0188. The van der Waals surface area contributed by atoms with Crippen LogP contribution in [0.2, 0.25) is 5.15 Å². The predicted octanol–water partition coefficient (Wildman–Crippen LogP) is 5.64. The van der Waals surface area contributed by atoms with Crippen LogP contribution in [-0.2, 0) is 13.1 Å². The molecule has 0 aliphatic rings. The summed E-state index contributed by atoms with van der Waals surface area (Å²) >= 11 is 8.92. The molecule has 4 aromatic heterocycles. The van der Waals surface area contributed by atoms with Crippen LogP contribution in [0.3, 0.4) is 0 Å². The Hall–Kier alpha value is -2.94. The number of nitrogens with zero attached hydrogens (tertiary/aromatic N) is 7. The summed E-state index contributed by atoms with van der Waals surface area (Å²) in [5.74, 6) is 0. The third-order valence-corrected chi connectivity index (χ3v) is 6.71. The van der Waals surface area contributed by atoms with Gasteiger partial charge in [0.25, 0.3) is 11.1 Å². The number of thioether (sulfide) groups is 2. The van der Waals surface area contributed by atoms with Crippen molar-refractivity contribution in [3.8, 4) is 6.07 Å². The Morgan fingerprint density at radius 3 is 1.64 bits per heavy atom. The highest BCUT2D eigenvalue weighted by molar-refractivity contribution is 7.98. The van der Waals surface area contributed by atoms with Crippen molar-refractivity contribution in [1.29, 1.82) is 5.26 Å². The van der Waals surface area contributed by atoms with Gasteiger partial charge in [-0.15, -0.1) is 0 Å². The van der Waals surface area contributed by atoms with Gasteiger partial charge >= 0.3 is 0 Å². The third-order valence-electron chi connectivity index (χ3n) is 5.33. The fourth-order valence-corrected chi connectivity index (χ4v) is 4.78. The summed E-state index contributed by atoms with van der Waals surface area (Å²) in [5, 5.41) is 12.0. The fourth-order valence-electron chi connectivity index (χ4n) is 3.78. The molecule has 0 bridgehead atoms. The van der Waals surface area contributed by atoms with Gasteiger partial charge in [-0.3, -0.25) is 18.7 Å². The average molecular weight is 586 g/mol. The van der Waals surface area contributed by atoms with Crippen molar-refractivity contribution in [2.45, 2.75) is 64.9 Å². The molecule has 0 atom stereocenters. The summed E-state index contributed by atoms with van der Waals surface area (Å²) < 4.78 is 3.29. The summed E-state index contributed by atoms with van der Waals surface area (Å²) in [6.45, 7) is 13.5. The first kappa shape index (κ1) is 30.6. The molecule has 0 spiro atoms. The monoisotopic (exact) mass is 585 g/mol. The zero-order chi connectivity index (χ0) is 29.1. The normalized spacial score (nSPS) is 11.8. The Morgan fingerprint density at radius 1 is 0.769 bits per heavy atom. The first-order valence-corrected chi connectivity index (χ1v) is 15.0. The SMILES string of the molecule is CSc1nc(C#N)c2ccc(=O)n(CC(C)(C)C)c2n1.CSc1nc(Cl)c2ccc(=O)n(CC(C)(C)C)c2n1. The van der Waals surface area contributed by atoms with E-state index in [2.05, 4.69) is 67.5 Å². The highest BCUT2D eigenvalue weighted by Gasteiger charge is 2.18. The van der Waals surface area contributed by atoms with Crippen molar-refractivity contribution in [3.05, 3.63) is 55.8 Å². The van der Waals surface area contributed by atoms with E-state index in [1.165, 1.54) is 35.7 Å². The second kappa shape index (κ2) is 12.1. The van der Waals surface area contributed by atoms with Gasteiger partial charge < -0.3 is 0 Å². The molecule has 0 aliphatic heterocycles. The molecule has 12 heteroatoms. The fraction of sp³-hybridized carbons (Fsp3) is 0.444. The molecule has 0 unspecified atom stereocenters. The lowest BCUT2D eigenvalue weighted by Gasteiger charge is -2.21. The van der Waals surface area contributed by atoms with Crippen LogP contribution >= 0.6 is 35.1 Å². The summed E-state index contributed by atoms with van der Waals surface area (Å²) in [4.78, 5) is 41.4. The summed E-state index contributed by atoms with van der Waals surface area (Å²) in [6, 6.07) is 8.37. The van der Waals surface area contributed by atoms with Gasteiger partial charge in [0, 0.05) is 25.2 Å². The van der Waals surface area contributed by atoms with Gasteiger partial charge in [0.05, 0.1) is 10.8 Å². The lowest BCUT2D eigenvalue weighted by Crippen LogP contribution is -2.27. The highest BCUT2D eigenvalue weighted by atomic mass is 35.5. The van der Waals surface area contributed by atoms with E-state index in [9.17, 15) is 14.9 Å². The number of fused-ring (bicyclic) bond motifs is 2. The Labute approximate surface area is 241 Å². The molecular formula is C27H32ClN7O2S2. The van der Waals surface area contributed by atoms with E-state index >= 15 is 0 Å².